The van der Waals surface area contributed by atoms with E-state index in [2.05, 4.69) is 10.5 Å². The van der Waals surface area contributed by atoms with Crippen LogP contribution in [0.2, 0.25) is 5.02 Å². The Labute approximate surface area is 119 Å². The van der Waals surface area contributed by atoms with E-state index in [1.165, 1.54) is 0 Å². The summed E-state index contributed by atoms with van der Waals surface area (Å²) < 4.78 is 0.572. The normalized spacial score (nSPS) is 11.1. The fraction of sp³-hybridized carbons (Fsp3) is 0.333. The first kappa shape index (κ1) is 16.9. The Hall–Kier alpha value is -1.10. The lowest BCUT2D eigenvalue weighted by Gasteiger charge is -2.21. The summed E-state index contributed by atoms with van der Waals surface area (Å²) in [6, 6.07) is 7.21. The molecule has 0 aliphatic rings. The van der Waals surface area contributed by atoms with E-state index in [0.29, 0.717) is 16.1 Å². The van der Waals surface area contributed by atoms with Crippen molar-refractivity contribution in [3.63, 3.8) is 0 Å². The van der Waals surface area contributed by atoms with E-state index in [4.69, 9.17) is 11.6 Å². The Morgan fingerprint density at radius 2 is 1.89 bits per heavy atom. The molecule has 0 aromatic heterocycles. The fourth-order valence-corrected chi connectivity index (χ4v) is 1.32. The molecule has 0 unspecified atom stereocenters. The molecule has 1 rings (SSSR count). The third-order valence-electron chi connectivity index (χ3n) is 1.89. The minimum atomic E-state index is -0.109. The molecule has 0 radical (unpaired) electrons. The van der Waals surface area contributed by atoms with Crippen LogP contribution in [0.15, 0.2) is 29.4 Å². The molecule has 1 amide bonds. The van der Waals surface area contributed by atoms with Crippen LogP contribution in [0.5, 0.6) is 0 Å². The second-order valence-electron chi connectivity index (χ2n) is 4.79. The highest BCUT2D eigenvalue weighted by atomic mass is 35.5. The second kappa shape index (κ2) is 7.36. The maximum Gasteiger partial charge on any atom is 0.295 e. The molecule has 0 atom stereocenters. The van der Waals surface area contributed by atoms with Crippen molar-refractivity contribution in [3.8, 4) is 0 Å². The van der Waals surface area contributed by atoms with Crippen LogP contribution in [-0.2, 0) is 4.79 Å². The van der Waals surface area contributed by atoms with Gasteiger partial charge in [0.05, 0.1) is 27.4 Å². The van der Waals surface area contributed by atoms with Crippen LogP contribution >= 0.6 is 11.6 Å². The van der Waals surface area contributed by atoms with Crippen LogP contribution in [0.3, 0.4) is 0 Å². The van der Waals surface area contributed by atoms with Gasteiger partial charge in [-0.2, -0.15) is 5.10 Å². The highest BCUT2D eigenvalue weighted by Gasteiger charge is 2.12. The van der Waals surface area contributed by atoms with Crippen molar-refractivity contribution in [1.82, 2.24) is 5.43 Å². The van der Waals surface area contributed by atoms with Gasteiger partial charge < -0.3 is 16.9 Å². The number of quaternary nitrogens is 1. The molecule has 0 saturated carbocycles. The number of benzene rings is 1. The third kappa shape index (κ3) is 7.27. The van der Waals surface area contributed by atoms with Crippen molar-refractivity contribution >= 4 is 23.7 Å². The number of hydrogen-bond acceptors (Lipinski definition) is 2. The maximum atomic E-state index is 11.4. The van der Waals surface area contributed by atoms with Crippen LogP contribution in [0.4, 0.5) is 0 Å². The van der Waals surface area contributed by atoms with Gasteiger partial charge in [-0.25, -0.2) is 5.43 Å². The molecule has 100 valence electrons. The summed E-state index contributed by atoms with van der Waals surface area (Å²) >= 11 is 5.75. The molecule has 0 heterocycles. The van der Waals surface area contributed by atoms with E-state index >= 15 is 0 Å². The number of carbonyl (C=O) groups excluding carboxylic acids is 1. The first-order chi connectivity index (χ1) is 7.87. The van der Waals surface area contributed by atoms with E-state index in [1.807, 2.05) is 33.3 Å². The zero-order valence-electron chi connectivity index (χ0n) is 10.7. The minimum Gasteiger partial charge on any atom is -1.00 e. The number of amides is 1. The summed E-state index contributed by atoms with van der Waals surface area (Å²) in [4.78, 5) is 11.4. The molecule has 6 heteroatoms. The van der Waals surface area contributed by atoms with Crippen LogP contribution in [0, 0.1) is 0 Å². The molecular weight excluding hydrogens is 273 g/mol. The lowest BCUT2D eigenvalue weighted by atomic mass is 10.2. The molecule has 0 bridgehead atoms. The number of carbonyl (C=O) groups is 1. The van der Waals surface area contributed by atoms with Crippen molar-refractivity contribution in [2.45, 2.75) is 0 Å². The van der Waals surface area contributed by atoms with Gasteiger partial charge in [-0.05, 0) is 17.7 Å². The molecule has 0 spiro atoms. The summed E-state index contributed by atoms with van der Waals surface area (Å²) in [5.41, 5.74) is 3.37. The number of nitrogens with one attached hydrogen (secondary N) is 1. The van der Waals surface area contributed by atoms with Crippen molar-refractivity contribution < 1.29 is 21.7 Å². The Kier molecular flexibility index (Phi) is 6.91. The molecule has 0 fully saturated rings. The number of rotatable bonds is 4. The predicted molar refractivity (Wildman–Crippen MR) is 70.1 cm³/mol. The molecule has 18 heavy (non-hydrogen) atoms. The average molecular weight is 290 g/mol. The number of likely N-dealkylation sites (N-methyl/N-ethyl adjacent to an activating group) is 1. The van der Waals surface area contributed by atoms with Crippen molar-refractivity contribution in [1.29, 1.82) is 0 Å². The van der Waals surface area contributed by atoms with Gasteiger partial charge in [0.25, 0.3) is 5.91 Å². The fourth-order valence-electron chi connectivity index (χ4n) is 1.19. The lowest BCUT2D eigenvalue weighted by molar-refractivity contribution is -0.862. The van der Waals surface area contributed by atoms with Crippen LogP contribution in [0.25, 0.3) is 0 Å². The van der Waals surface area contributed by atoms with Crippen LogP contribution in [-0.4, -0.2) is 44.3 Å². The summed E-state index contributed by atoms with van der Waals surface area (Å²) in [7, 11) is 5.84. The summed E-state index contributed by atoms with van der Waals surface area (Å²) in [6.07, 6.45) is 1.59. The molecule has 0 aliphatic carbocycles. The van der Waals surface area contributed by atoms with Gasteiger partial charge in [-0.1, -0.05) is 23.7 Å². The van der Waals surface area contributed by atoms with Crippen LogP contribution in [0.1, 0.15) is 5.56 Å². The van der Waals surface area contributed by atoms with Crippen molar-refractivity contribution in [2.75, 3.05) is 27.7 Å². The van der Waals surface area contributed by atoms with Gasteiger partial charge >= 0.3 is 0 Å². The monoisotopic (exact) mass is 289 g/mol. The summed E-state index contributed by atoms with van der Waals surface area (Å²) in [5, 5.41) is 4.55. The Morgan fingerprint density at radius 1 is 1.33 bits per heavy atom. The number of nitrogens with zero attached hydrogens (tertiary/aromatic N) is 2. The van der Waals surface area contributed by atoms with E-state index < -0.39 is 0 Å². The van der Waals surface area contributed by atoms with E-state index in [9.17, 15) is 4.79 Å². The molecular formula is C12H17Cl2N3O. The molecule has 4 nitrogen and oxygen atoms in total. The number of hydrazone groups is 1. The van der Waals surface area contributed by atoms with Crippen molar-refractivity contribution in [3.05, 3.63) is 34.9 Å². The molecule has 1 aromatic rings. The lowest BCUT2D eigenvalue weighted by Crippen LogP contribution is -3.00. The first-order valence-electron chi connectivity index (χ1n) is 5.25. The zero-order chi connectivity index (χ0) is 12.9. The van der Waals surface area contributed by atoms with E-state index in [0.717, 1.165) is 5.56 Å². The van der Waals surface area contributed by atoms with Gasteiger partial charge in [0, 0.05) is 5.02 Å². The van der Waals surface area contributed by atoms with Gasteiger partial charge in [0.2, 0.25) is 0 Å². The molecule has 1 aromatic carbocycles. The second-order valence-corrected chi connectivity index (χ2v) is 5.23. The molecule has 1 N–H and O–H groups in total. The Morgan fingerprint density at radius 3 is 2.39 bits per heavy atom. The third-order valence-corrected chi connectivity index (χ3v) is 2.14. The predicted octanol–water partition coefficient (Wildman–Crippen LogP) is -1.50. The SMILES string of the molecule is C[N+](C)(C)CC(=O)NN=Cc1ccc(Cl)cc1.[Cl-]. The molecule has 0 aliphatic heterocycles. The topological polar surface area (TPSA) is 41.5 Å². The highest BCUT2D eigenvalue weighted by Crippen LogP contribution is 2.07. The minimum absolute atomic E-state index is 0. The first-order valence-corrected chi connectivity index (χ1v) is 5.62. The maximum absolute atomic E-state index is 11.4. The van der Waals surface area contributed by atoms with Gasteiger partial charge in [0.1, 0.15) is 0 Å². The van der Waals surface area contributed by atoms with E-state index in [1.54, 1.807) is 18.3 Å². The number of halogens is 2. The zero-order valence-corrected chi connectivity index (χ0v) is 12.2. The smallest absolute Gasteiger partial charge is 0.295 e. The van der Waals surface area contributed by atoms with Gasteiger partial charge in [-0.3, -0.25) is 4.79 Å². The largest absolute Gasteiger partial charge is 1.00 e. The molecule has 0 saturated heterocycles. The summed E-state index contributed by atoms with van der Waals surface area (Å²) in [6.45, 7) is 0.387. The van der Waals surface area contributed by atoms with E-state index in [-0.39, 0.29) is 18.3 Å². The highest BCUT2D eigenvalue weighted by molar-refractivity contribution is 6.30. The Balaban J connectivity index is 0.00000289. The van der Waals surface area contributed by atoms with Crippen LogP contribution < -0.4 is 17.8 Å². The quantitative estimate of drug-likeness (QED) is 0.409. The van der Waals surface area contributed by atoms with Gasteiger partial charge in [-0.15, -0.1) is 0 Å². The van der Waals surface area contributed by atoms with Gasteiger partial charge in [0.15, 0.2) is 6.54 Å². The van der Waals surface area contributed by atoms with Crippen molar-refractivity contribution in [2.24, 2.45) is 5.10 Å². The summed E-state index contributed by atoms with van der Waals surface area (Å²) in [5.74, 6) is -0.109. The Bertz CT molecular complexity index is 410. The standard InChI is InChI=1S/C12H16ClN3O.ClH/c1-16(2,3)9-12(17)15-14-8-10-4-6-11(13)7-5-10;/h4-8H,9H2,1-3H3;1H. The number of hydrogen-bond donors (Lipinski definition) is 1. The average Bonchev–Trinajstić information content (AvgIpc) is 2.18.